The van der Waals surface area contributed by atoms with Crippen LogP contribution in [0.4, 0.5) is 4.39 Å². The number of dihydropyridines is 1. The molecule has 4 rings (SSSR count). The van der Waals surface area contributed by atoms with E-state index in [4.69, 9.17) is 9.15 Å². The molecule has 0 spiro atoms. The zero-order chi connectivity index (χ0) is 19.8. The lowest BCUT2D eigenvalue weighted by Gasteiger charge is -2.36. The Bertz CT molecular complexity index is 1000. The number of methoxy groups -OCH3 is 1. The Labute approximate surface area is 161 Å². The SMILES string of the molecule is COC(=O)C1=C(C)NC2=C(C(=O)C[C@@H](c3ccco3)C2)[C@@H]1c1ccccc1F. The van der Waals surface area contributed by atoms with Gasteiger partial charge in [-0.2, -0.15) is 0 Å². The molecule has 1 N–H and O–H groups in total. The predicted molar refractivity (Wildman–Crippen MR) is 99.7 cm³/mol. The van der Waals surface area contributed by atoms with Crippen molar-refractivity contribution in [3.05, 3.63) is 82.3 Å². The van der Waals surface area contributed by atoms with Crippen LogP contribution >= 0.6 is 0 Å². The van der Waals surface area contributed by atoms with Gasteiger partial charge in [0.05, 0.1) is 24.9 Å². The number of benzene rings is 1. The molecular weight excluding hydrogens is 361 g/mol. The second-order valence-corrected chi connectivity index (χ2v) is 7.05. The standard InChI is InChI=1S/C22H20FNO4/c1-12-19(22(26)27-2)20(14-6-3-4-7-15(14)23)21-16(24-12)10-13(11-17(21)25)18-8-5-9-28-18/h3-9,13,20,24H,10-11H2,1-2H3/t13-,20+/m0/s1. The number of rotatable bonds is 3. The van der Waals surface area contributed by atoms with Gasteiger partial charge in [-0.15, -0.1) is 0 Å². The van der Waals surface area contributed by atoms with Crippen LogP contribution < -0.4 is 5.32 Å². The number of hydrogen-bond donors (Lipinski definition) is 1. The number of furan rings is 1. The minimum atomic E-state index is -0.796. The van der Waals surface area contributed by atoms with Gasteiger partial charge in [0.2, 0.25) is 0 Å². The summed E-state index contributed by atoms with van der Waals surface area (Å²) in [6.07, 6.45) is 2.37. The van der Waals surface area contributed by atoms with Crippen LogP contribution in [0.5, 0.6) is 0 Å². The van der Waals surface area contributed by atoms with Gasteiger partial charge in [0, 0.05) is 34.9 Å². The van der Waals surface area contributed by atoms with E-state index in [1.54, 1.807) is 37.5 Å². The number of halogens is 1. The Hall–Kier alpha value is -3.15. The Balaban J connectivity index is 1.85. The Morgan fingerprint density at radius 1 is 1.21 bits per heavy atom. The van der Waals surface area contributed by atoms with Crippen LogP contribution in [0.15, 0.2) is 69.6 Å². The highest BCUT2D eigenvalue weighted by Crippen LogP contribution is 2.46. The minimum Gasteiger partial charge on any atom is -0.469 e. The lowest BCUT2D eigenvalue weighted by Crippen LogP contribution is -2.36. The first-order valence-electron chi connectivity index (χ1n) is 9.11. The molecular formula is C22H20FNO4. The summed E-state index contributed by atoms with van der Waals surface area (Å²) in [6, 6.07) is 9.87. The lowest BCUT2D eigenvalue weighted by molar-refractivity contribution is -0.136. The maximum absolute atomic E-state index is 14.7. The Morgan fingerprint density at radius 2 is 2.00 bits per heavy atom. The van der Waals surface area contributed by atoms with Crippen molar-refractivity contribution in [2.45, 2.75) is 31.6 Å². The van der Waals surface area contributed by atoms with E-state index in [0.29, 0.717) is 29.0 Å². The van der Waals surface area contributed by atoms with Crippen LogP contribution in [-0.4, -0.2) is 18.9 Å². The van der Waals surface area contributed by atoms with E-state index in [0.717, 1.165) is 5.76 Å². The smallest absolute Gasteiger partial charge is 0.336 e. The first-order chi connectivity index (χ1) is 13.5. The van der Waals surface area contributed by atoms with Gasteiger partial charge in [-0.3, -0.25) is 4.79 Å². The van der Waals surface area contributed by atoms with E-state index < -0.39 is 17.7 Å². The lowest BCUT2D eigenvalue weighted by atomic mass is 9.72. The summed E-state index contributed by atoms with van der Waals surface area (Å²) in [7, 11) is 1.28. The van der Waals surface area contributed by atoms with Crippen molar-refractivity contribution in [1.29, 1.82) is 0 Å². The number of nitrogens with one attached hydrogen (secondary N) is 1. The summed E-state index contributed by atoms with van der Waals surface area (Å²) in [5.41, 5.74) is 2.25. The maximum atomic E-state index is 14.7. The van der Waals surface area contributed by atoms with E-state index in [-0.39, 0.29) is 23.7 Å². The molecule has 2 aromatic rings. The zero-order valence-electron chi connectivity index (χ0n) is 15.6. The van der Waals surface area contributed by atoms with Crippen molar-refractivity contribution in [1.82, 2.24) is 5.32 Å². The largest absolute Gasteiger partial charge is 0.469 e. The summed E-state index contributed by atoms with van der Waals surface area (Å²) >= 11 is 0. The van der Waals surface area contributed by atoms with Gasteiger partial charge < -0.3 is 14.5 Å². The van der Waals surface area contributed by atoms with Gasteiger partial charge in [-0.1, -0.05) is 18.2 Å². The molecule has 0 radical (unpaired) electrons. The highest BCUT2D eigenvalue weighted by molar-refractivity contribution is 6.04. The van der Waals surface area contributed by atoms with Crippen LogP contribution in [0.1, 0.15) is 42.9 Å². The van der Waals surface area contributed by atoms with Gasteiger partial charge in [-0.05, 0) is 31.5 Å². The number of Topliss-reactive ketones (excluding diaryl/α,β-unsaturated/α-hetero) is 1. The molecule has 2 aliphatic rings. The molecule has 0 bridgehead atoms. The molecule has 1 aliphatic heterocycles. The molecule has 0 amide bonds. The number of allylic oxidation sites excluding steroid dienone is 3. The molecule has 0 saturated carbocycles. The second-order valence-electron chi connectivity index (χ2n) is 7.05. The van der Waals surface area contributed by atoms with Crippen LogP contribution in [0.25, 0.3) is 0 Å². The van der Waals surface area contributed by atoms with Crippen LogP contribution in [0.3, 0.4) is 0 Å². The minimum absolute atomic E-state index is 0.0949. The van der Waals surface area contributed by atoms with Crippen LogP contribution in [0.2, 0.25) is 0 Å². The van der Waals surface area contributed by atoms with Crippen molar-refractivity contribution in [3.63, 3.8) is 0 Å². The summed E-state index contributed by atoms with van der Waals surface area (Å²) in [5, 5.41) is 3.20. The second kappa shape index (κ2) is 7.11. The number of ketones is 1. The van der Waals surface area contributed by atoms with Crippen molar-refractivity contribution in [3.8, 4) is 0 Å². The van der Waals surface area contributed by atoms with Gasteiger partial charge >= 0.3 is 5.97 Å². The Morgan fingerprint density at radius 3 is 2.68 bits per heavy atom. The molecule has 0 saturated heterocycles. The van der Waals surface area contributed by atoms with E-state index >= 15 is 0 Å². The van der Waals surface area contributed by atoms with Crippen molar-refractivity contribution in [2.24, 2.45) is 0 Å². The highest BCUT2D eigenvalue weighted by atomic mass is 19.1. The van der Waals surface area contributed by atoms with Gasteiger partial charge in [-0.25, -0.2) is 9.18 Å². The topological polar surface area (TPSA) is 68.5 Å². The van der Waals surface area contributed by atoms with Crippen molar-refractivity contribution in [2.75, 3.05) is 7.11 Å². The third kappa shape index (κ3) is 2.95. The third-order valence-electron chi connectivity index (χ3n) is 5.39. The predicted octanol–water partition coefficient (Wildman–Crippen LogP) is 3.95. The van der Waals surface area contributed by atoms with Gasteiger partial charge in [0.1, 0.15) is 11.6 Å². The normalized spacial score (nSPS) is 22.0. The molecule has 144 valence electrons. The van der Waals surface area contributed by atoms with Crippen LogP contribution in [0, 0.1) is 5.82 Å². The molecule has 1 aromatic heterocycles. The van der Waals surface area contributed by atoms with E-state index in [1.807, 2.05) is 6.07 Å². The fourth-order valence-corrected chi connectivity index (χ4v) is 4.16. The summed E-state index contributed by atoms with van der Waals surface area (Å²) in [4.78, 5) is 25.7. The fraction of sp³-hybridized carbons (Fsp3) is 0.273. The van der Waals surface area contributed by atoms with Crippen molar-refractivity contribution >= 4 is 11.8 Å². The molecule has 28 heavy (non-hydrogen) atoms. The molecule has 1 aliphatic carbocycles. The fourth-order valence-electron chi connectivity index (χ4n) is 4.16. The average molecular weight is 381 g/mol. The first kappa shape index (κ1) is 18.2. The molecule has 0 fully saturated rings. The van der Waals surface area contributed by atoms with E-state index in [9.17, 15) is 14.0 Å². The van der Waals surface area contributed by atoms with E-state index in [2.05, 4.69) is 5.32 Å². The molecule has 0 unspecified atom stereocenters. The molecule has 6 heteroatoms. The first-order valence-corrected chi connectivity index (χ1v) is 9.11. The molecule has 2 atom stereocenters. The molecule has 2 heterocycles. The van der Waals surface area contributed by atoms with E-state index in [1.165, 1.54) is 13.2 Å². The van der Waals surface area contributed by atoms with Crippen molar-refractivity contribution < 1.29 is 23.1 Å². The summed E-state index contributed by atoms with van der Waals surface area (Å²) < 4.78 is 25.1. The quantitative estimate of drug-likeness (QED) is 0.816. The number of carbonyl (C=O) groups is 2. The zero-order valence-corrected chi connectivity index (χ0v) is 15.6. The van der Waals surface area contributed by atoms with Crippen LogP contribution in [-0.2, 0) is 14.3 Å². The molecule has 1 aromatic carbocycles. The third-order valence-corrected chi connectivity index (χ3v) is 5.39. The van der Waals surface area contributed by atoms with Gasteiger partial charge in [0.15, 0.2) is 5.78 Å². The summed E-state index contributed by atoms with van der Waals surface area (Å²) in [6.45, 7) is 1.74. The Kier molecular flexibility index (Phi) is 4.63. The number of hydrogen-bond acceptors (Lipinski definition) is 5. The average Bonchev–Trinajstić information content (AvgIpc) is 3.21. The maximum Gasteiger partial charge on any atom is 0.336 e. The highest BCUT2D eigenvalue weighted by Gasteiger charge is 2.42. The number of ether oxygens (including phenoxy) is 1. The number of esters is 1. The monoisotopic (exact) mass is 381 g/mol. The summed E-state index contributed by atoms with van der Waals surface area (Å²) in [5.74, 6) is -1.32. The van der Waals surface area contributed by atoms with Gasteiger partial charge in [0.25, 0.3) is 0 Å². The number of carbonyl (C=O) groups excluding carboxylic acids is 2. The molecule has 5 nitrogen and oxygen atoms in total.